The van der Waals surface area contributed by atoms with E-state index < -0.39 is 0 Å². The number of ether oxygens (including phenoxy) is 1. The van der Waals surface area contributed by atoms with Crippen molar-refractivity contribution >= 4 is 23.3 Å². The third-order valence-electron chi connectivity index (χ3n) is 2.91. The zero-order valence-electron chi connectivity index (χ0n) is 10.8. The maximum absolute atomic E-state index is 5.84. The van der Waals surface area contributed by atoms with Gasteiger partial charge in [0, 0.05) is 6.04 Å². The molecule has 0 unspecified atom stereocenters. The number of aromatic nitrogens is 1. The molecule has 0 spiro atoms. The van der Waals surface area contributed by atoms with Gasteiger partial charge >= 0.3 is 0 Å². The number of nitrogen functional groups attached to an aromatic ring is 1. The van der Waals surface area contributed by atoms with Gasteiger partial charge in [0.15, 0.2) is 0 Å². The molecule has 2 rings (SSSR count). The van der Waals surface area contributed by atoms with Gasteiger partial charge in [-0.05, 0) is 42.9 Å². The van der Waals surface area contributed by atoms with Gasteiger partial charge in [0.25, 0.3) is 0 Å². The summed E-state index contributed by atoms with van der Waals surface area (Å²) in [4.78, 5) is 4.44. The second-order valence-electron chi connectivity index (χ2n) is 4.47. The van der Waals surface area contributed by atoms with Crippen LogP contribution in [0.4, 0.5) is 11.5 Å². The van der Waals surface area contributed by atoms with Crippen LogP contribution in [-0.2, 0) is 0 Å². The third-order valence-corrected chi connectivity index (χ3v) is 3.95. The first-order valence-corrected chi connectivity index (χ1v) is 7.68. The summed E-state index contributed by atoms with van der Waals surface area (Å²) in [5.41, 5.74) is 6.45. The molecule has 1 aromatic rings. The van der Waals surface area contributed by atoms with Crippen LogP contribution in [-0.4, -0.2) is 29.1 Å². The van der Waals surface area contributed by atoms with Gasteiger partial charge < -0.3 is 15.8 Å². The number of thioether (sulfide) groups is 1. The van der Waals surface area contributed by atoms with Crippen LogP contribution in [0, 0.1) is 0 Å². The van der Waals surface area contributed by atoms with Gasteiger partial charge in [0.2, 0.25) is 5.88 Å². The van der Waals surface area contributed by atoms with Gasteiger partial charge in [0.1, 0.15) is 5.82 Å². The smallest absolute Gasteiger partial charge is 0.239 e. The summed E-state index contributed by atoms with van der Waals surface area (Å²) in [6.45, 7) is 2.72. The molecule has 0 radical (unpaired) electrons. The van der Waals surface area contributed by atoms with Crippen molar-refractivity contribution in [2.24, 2.45) is 0 Å². The van der Waals surface area contributed by atoms with Gasteiger partial charge in [-0.25, -0.2) is 0 Å². The lowest BCUT2D eigenvalue weighted by molar-refractivity contribution is 0.307. The second kappa shape index (κ2) is 6.73. The van der Waals surface area contributed by atoms with E-state index in [2.05, 4.69) is 17.2 Å². The molecule has 1 aliphatic heterocycles. The lowest BCUT2D eigenvalue weighted by atomic mass is 10.1. The van der Waals surface area contributed by atoms with Crippen LogP contribution in [0.1, 0.15) is 26.2 Å². The summed E-state index contributed by atoms with van der Waals surface area (Å²) in [6, 6.07) is 4.31. The fourth-order valence-electron chi connectivity index (χ4n) is 1.90. The Labute approximate surface area is 113 Å². The highest BCUT2D eigenvalue weighted by Crippen LogP contribution is 2.24. The number of nitrogens with one attached hydrogen (secondary N) is 1. The topological polar surface area (TPSA) is 60.2 Å². The van der Waals surface area contributed by atoms with Crippen molar-refractivity contribution in [3.63, 3.8) is 0 Å². The Hall–Kier alpha value is -1.10. The van der Waals surface area contributed by atoms with Gasteiger partial charge in [-0.1, -0.05) is 6.92 Å². The van der Waals surface area contributed by atoms with Crippen molar-refractivity contribution in [1.82, 2.24) is 4.98 Å². The molecule has 0 saturated carbocycles. The van der Waals surface area contributed by atoms with Crippen molar-refractivity contribution in [2.75, 3.05) is 29.2 Å². The van der Waals surface area contributed by atoms with E-state index in [4.69, 9.17) is 10.5 Å². The molecule has 18 heavy (non-hydrogen) atoms. The molecule has 0 amide bonds. The largest absolute Gasteiger partial charge is 0.476 e. The predicted molar refractivity (Wildman–Crippen MR) is 78.4 cm³/mol. The van der Waals surface area contributed by atoms with E-state index >= 15 is 0 Å². The number of anilines is 2. The van der Waals surface area contributed by atoms with Crippen LogP contribution in [0.5, 0.6) is 5.88 Å². The highest BCUT2D eigenvalue weighted by atomic mass is 32.2. The van der Waals surface area contributed by atoms with E-state index in [9.17, 15) is 0 Å². The Morgan fingerprint density at radius 3 is 2.94 bits per heavy atom. The fourth-order valence-corrected chi connectivity index (χ4v) is 3.00. The molecule has 4 nitrogen and oxygen atoms in total. The standard InChI is InChI=1S/C13H21N3OS/c1-2-7-17-13-11(14)3-4-12(16-13)15-10-5-8-18-9-6-10/h3-4,10H,2,5-9,14H2,1H3,(H,15,16). The normalized spacial score (nSPS) is 16.5. The van der Waals surface area contributed by atoms with Crippen LogP contribution in [0.2, 0.25) is 0 Å². The third kappa shape index (κ3) is 3.70. The van der Waals surface area contributed by atoms with Crippen LogP contribution in [0.25, 0.3) is 0 Å². The van der Waals surface area contributed by atoms with Crippen molar-refractivity contribution in [3.8, 4) is 5.88 Å². The Morgan fingerprint density at radius 2 is 2.22 bits per heavy atom. The predicted octanol–water partition coefficient (Wildman–Crippen LogP) is 2.76. The van der Waals surface area contributed by atoms with Crippen molar-refractivity contribution < 1.29 is 4.74 Å². The first-order valence-electron chi connectivity index (χ1n) is 6.53. The Bertz CT molecular complexity index is 380. The number of pyridine rings is 1. The van der Waals surface area contributed by atoms with E-state index in [-0.39, 0.29) is 0 Å². The SMILES string of the molecule is CCCOc1nc(NC2CCSCC2)ccc1N. The number of nitrogens with zero attached hydrogens (tertiary/aromatic N) is 1. The van der Waals surface area contributed by atoms with E-state index in [1.807, 2.05) is 23.9 Å². The van der Waals surface area contributed by atoms with Gasteiger partial charge in [-0.2, -0.15) is 16.7 Å². The number of hydrogen-bond acceptors (Lipinski definition) is 5. The first-order chi connectivity index (χ1) is 8.79. The summed E-state index contributed by atoms with van der Waals surface area (Å²) in [5, 5.41) is 3.46. The van der Waals surface area contributed by atoms with E-state index in [0.717, 1.165) is 12.2 Å². The Morgan fingerprint density at radius 1 is 1.44 bits per heavy atom. The Kier molecular flexibility index (Phi) is 4.99. The molecule has 1 fully saturated rings. The summed E-state index contributed by atoms with van der Waals surface area (Å²) < 4.78 is 5.54. The molecule has 1 aromatic heterocycles. The van der Waals surface area contributed by atoms with E-state index in [0.29, 0.717) is 24.2 Å². The van der Waals surface area contributed by atoms with E-state index in [1.165, 1.54) is 24.3 Å². The molecule has 0 bridgehead atoms. The number of hydrogen-bond donors (Lipinski definition) is 2. The molecular formula is C13H21N3OS. The molecular weight excluding hydrogens is 246 g/mol. The highest BCUT2D eigenvalue weighted by molar-refractivity contribution is 7.99. The lowest BCUT2D eigenvalue weighted by Gasteiger charge is -2.23. The summed E-state index contributed by atoms with van der Waals surface area (Å²) in [5.74, 6) is 3.87. The van der Waals surface area contributed by atoms with Gasteiger partial charge in [-0.15, -0.1) is 0 Å². The molecule has 1 saturated heterocycles. The van der Waals surface area contributed by atoms with E-state index in [1.54, 1.807) is 0 Å². The first kappa shape index (κ1) is 13.3. The monoisotopic (exact) mass is 267 g/mol. The molecule has 3 N–H and O–H groups in total. The van der Waals surface area contributed by atoms with Crippen molar-refractivity contribution in [2.45, 2.75) is 32.2 Å². The van der Waals surface area contributed by atoms with Gasteiger partial charge in [0.05, 0.1) is 12.3 Å². The Balaban J connectivity index is 1.99. The average Bonchev–Trinajstić information content (AvgIpc) is 2.40. The summed E-state index contributed by atoms with van der Waals surface area (Å²) in [6.07, 6.45) is 3.35. The minimum Gasteiger partial charge on any atom is -0.476 e. The second-order valence-corrected chi connectivity index (χ2v) is 5.70. The zero-order valence-corrected chi connectivity index (χ0v) is 11.6. The quantitative estimate of drug-likeness (QED) is 0.859. The minimum atomic E-state index is 0.529. The summed E-state index contributed by atoms with van der Waals surface area (Å²) in [7, 11) is 0. The van der Waals surface area contributed by atoms with Gasteiger partial charge in [-0.3, -0.25) is 0 Å². The maximum atomic E-state index is 5.84. The average molecular weight is 267 g/mol. The summed E-state index contributed by atoms with van der Waals surface area (Å²) >= 11 is 2.02. The molecule has 0 aliphatic carbocycles. The minimum absolute atomic E-state index is 0.529. The van der Waals surface area contributed by atoms with Crippen LogP contribution < -0.4 is 15.8 Å². The van der Waals surface area contributed by atoms with Crippen molar-refractivity contribution in [3.05, 3.63) is 12.1 Å². The molecule has 2 heterocycles. The zero-order chi connectivity index (χ0) is 12.8. The molecule has 5 heteroatoms. The number of nitrogens with two attached hydrogens (primary N) is 1. The molecule has 1 aliphatic rings. The van der Waals surface area contributed by atoms with Crippen LogP contribution in [0.3, 0.4) is 0 Å². The fraction of sp³-hybridized carbons (Fsp3) is 0.615. The molecule has 100 valence electrons. The maximum Gasteiger partial charge on any atom is 0.239 e. The van der Waals surface area contributed by atoms with Crippen LogP contribution in [0.15, 0.2) is 12.1 Å². The van der Waals surface area contributed by atoms with Crippen molar-refractivity contribution in [1.29, 1.82) is 0 Å². The number of rotatable bonds is 5. The highest BCUT2D eigenvalue weighted by Gasteiger charge is 2.14. The van der Waals surface area contributed by atoms with Crippen LogP contribution >= 0.6 is 11.8 Å². The molecule has 0 aromatic carbocycles. The molecule has 0 atom stereocenters. The lowest BCUT2D eigenvalue weighted by Crippen LogP contribution is -2.25.